The molecule has 0 bridgehead atoms. The van der Waals surface area contributed by atoms with Crippen molar-refractivity contribution in [2.24, 2.45) is 0 Å². The zero-order valence-electron chi connectivity index (χ0n) is 12.4. The molecule has 0 spiro atoms. The van der Waals surface area contributed by atoms with Gasteiger partial charge in [-0.1, -0.05) is 6.07 Å². The third-order valence-electron chi connectivity index (χ3n) is 3.10. The summed E-state index contributed by atoms with van der Waals surface area (Å²) in [6.45, 7) is 5.10. The molecule has 1 N–H and O–H groups in total. The molecule has 4 heteroatoms. The number of aromatic nitrogens is 1. The lowest BCUT2D eigenvalue weighted by molar-refractivity contribution is 0.0954. The van der Waals surface area contributed by atoms with Gasteiger partial charge in [0.25, 0.3) is 5.91 Å². The van der Waals surface area contributed by atoms with E-state index in [4.69, 9.17) is 4.74 Å². The minimum absolute atomic E-state index is 0.0712. The topological polar surface area (TPSA) is 51.2 Å². The average Bonchev–Trinajstić information content (AvgIpc) is 2.50. The monoisotopic (exact) mass is 284 g/mol. The second kappa shape index (κ2) is 7.43. The van der Waals surface area contributed by atoms with Crippen molar-refractivity contribution in [1.82, 2.24) is 10.3 Å². The lowest BCUT2D eigenvalue weighted by Crippen LogP contribution is -2.25. The predicted octanol–water partition coefficient (Wildman–Crippen LogP) is 2.76. The molecule has 21 heavy (non-hydrogen) atoms. The van der Waals surface area contributed by atoms with Crippen molar-refractivity contribution < 1.29 is 9.53 Å². The molecule has 2 aromatic rings. The second-order valence-electron chi connectivity index (χ2n) is 4.77. The summed E-state index contributed by atoms with van der Waals surface area (Å²) in [6, 6.07) is 11.2. The minimum atomic E-state index is -0.0712. The third kappa shape index (κ3) is 4.60. The van der Waals surface area contributed by atoms with Gasteiger partial charge in [-0.3, -0.25) is 9.78 Å². The molecule has 0 fully saturated rings. The third-order valence-corrected chi connectivity index (χ3v) is 3.10. The molecule has 0 radical (unpaired) electrons. The fraction of sp³-hybridized carbons (Fsp3) is 0.294. The normalized spacial score (nSPS) is 10.2. The van der Waals surface area contributed by atoms with Gasteiger partial charge >= 0.3 is 0 Å². The van der Waals surface area contributed by atoms with Gasteiger partial charge in [0.05, 0.1) is 6.61 Å². The Bertz CT molecular complexity index is 577. The first-order valence-corrected chi connectivity index (χ1v) is 7.11. The molecule has 4 nitrogen and oxygen atoms in total. The molecule has 1 amide bonds. The van der Waals surface area contributed by atoms with Gasteiger partial charge in [0, 0.05) is 24.0 Å². The van der Waals surface area contributed by atoms with Crippen molar-refractivity contribution in [3.63, 3.8) is 0 Å². The minimum Gasteiger partial charge on any atom is -0.494 e. The van der Waals surface area contributed by atoms with E-state index in [9.17, 15) is 4.79 Å². The molecule has 1 aromatic carbocycles. The number of hydrogen-bond acceptors (Lipinski definition) is 3. The maximum Gasteiger partial charge on any atom is 0.251 e. The molecule has 0 aliphatic carbocycles. The summed E-state index contributed by atoms with van der Waals surface area (Å²) in [5.41, 5.74) is 2.75. The highest BCUT2D eigenvalue weighted by molar-refractivity contribution is 5.94. The number of rotatable bonds is 6. The maximum atomic E-state index is 12.0. The van der Waals surface area contributed by atoms with Crippen LogP contribution in [0.1, 0.15) is 28.5 Å². The summed E-state index contributed by atoms with van der Waals surface area (Å²) < 4.78 is 5.35. The second-order valence-corrected chi connectivity index (χ2v) is 4.77. The molecular formula is C17H20N2O2. The number of aryl methyl sites for hydroxylation is 1. The van der Waals surface area contributed by atoms with E-state index in [2.05, 4.69) is 10.3 Å². The first kappa shape index (κ1) is 15.0. The van der Waals surface area contributed by atoms with Gasteiger partial charge < -0.3 is 10.1 Å². The van der Waals surface area contributed by atoms with Gasteiger partial charge in [0.2, 0.25) is 0 Å². The van der Waals surface area contributed by atoms with Crippen molar-refractivity contribution in [2.75, 3.05) is 13.2 Å². The van der Waals surface area contributed by atoms with Crippen LogP contribution in [0.15, 0.2) is 42.6 Å². The fourth-order valence-electron chi connectivity index (χ4n) is 1.94. The van der Waals surface area contributed by atoms with Crippen molar-refractivity contribution in [3.8, 4) is 5.75 Å². The SMILES string of the molecule is CCOc1ccc(C(=O)NCCc2ccc(C)nc2)cc1. The summed E-state index contributed by atoms with van der Waals surface area (Å²) in [4.78, 5) is 16.2. The van der Waals surface area contributed by atoms with E-state index in [-0.39, 0.29) is 5.91 Å². The van der Waals surface area contributed by atoms with Crippen LogP contribution in [0.4, 0.5) is 0 Å². The quantitative estimate of drug-likeness (QED) is 0.887. The van der Waals surface area contributed by atoms with E-state index >= 15 is 0 Å². The smallest absolute Gasteiger partial charge is 0.251 e. The lowest BCUT2D eigenvalue weighted by Gasteiger charge is -2.07. The van der Waals surface area contributed by atoms with Crippen LogP contribution in [0.2, 0.25) is 0 Å². The molecule has 110 valence electrons. The largest absolute Gasteiger partial charge is 0.494 e. The molecule has 0 unspecified atom stereocenters. The first-order valence-electron chi connectivity index (χ1n) is 7.11. The summed E-state index contributed by atoms with van der Waals surface area (Å²) in [5.74, 6) is 0.706. The van der Waals surface area contributed by atoms with Crippen LogP contribution in [0.3, 0.4) is 0 Å². The number of pyridine rings is 1. The predicted molar refractivity (Wildman–Crippen MR) is 82.6 cm³/mol. The zero-order valence-corrected chi connectivity index (χ0v) is 12.4. The van der Waals surface area contributed by atoms with E-state index in [1.807, 2.05) is 44.3 Å². The number of ether oxygens (including phenoxy) is 1. The molecule has 0 aliphatic rings. The van der Waals surface area contributed by atoms with Crippen LogP contribution < -0.4 is 10.1 Å². The molecule has 0 aliphatic heterocycles. The Kier molecular flexibility index (Phi) is 5.32. The van der Waals surface area contributed by atoms with Crippen LogP contribution in [0.25, 0.3) is 0 Å². The average molecular weight is 284 g/mol. The summed E-state index contributed by atoms with van der Waals surface area (Å²) in [6.07, 6.45) is 2.62. The number of nitrogens with zero attached hydrogens (tertiary/aromatic N) is 1. The van der Waals surface area contributed by atoms with E-state index in [0.717, 1.165) is 23.4 Å². The molecule has 0 saturated carbocycles. The van der Waals surface area contributed by atoms with Gasteiger partial charge in [0.1, 0.15) is 5.75 Å². The van der Waals surface area contributed by atoms with Gasteiger partial charge in [-0.2, -0.15) is 0 Å². The number of carbonyl (C=O) groups excluding carboxylic acids is 1. The molecular weight excluding hydrogens is 264 g/mol. The molecule has 0 atom stereocenters. The van der Waals surface area contributed by atoms with Gasteiger partial charge in [-0.05, 0) is 56.2 Å². The van der Waals surface area contributed by atoms with Crippen LogP contribution >= 0.6 is 0 Å². The number of benzene rings is 1. The molecule has 2 rings (SSSR count). The van der Waals surface area contributed by atoms with Gasteiger partial charge in [-0.15, -0.1) is 0 Å². The van der Waals surface area contributed by atoms with Crippen LogP contribution in [0.5, 0.6) is 5.75 Å². The molecule has 1 aromatic heterocycles. The zero-order chi connectivity index (χ0) is 15.1. The van der Waals surface area contributed by atoms with Crippen LogP contribution in [0, 0.1) is 6.92 Å². The Labute approximate surface area is 125 Å². The highest BCUT2D eigenvalue weighted by atomic mass is 16.5. The number of nitrogens with one attached hydrogen (secondary N) is 1. The molecule has 0 saturated heterocycles. The Morgan fingerprint density at radius 2 is 1.95 bits per heavy atom. The van der Waals surface area contributed by atoms with E-state index < -0.39 is 0 Å². The summed E-state index contributed by atoms with van der Waals surface area (Å²) >= 11 is 0. The highest BCUT2D eigenvalue weighted by Crippen LogP contribution is 2.11. The summed E-state index contributed by atoms with van der Waals surface area (Å²) in [7, 11) is 0. The van der Waals surface area contributed by atoms with Crippen molar-refractivity contribution >= 4 is 5.91 Å². The lowest BCUT2D eigenvalue weighted by atomic mass is 10.2. The number of carbonyl (C=O) groups is 1. The van der Waals surface area contributed by atoms with E-state index in [0.29, 0.717) is 18.7 Å². The van der Waals surface area contributed by atoms with Crippen molar-refractivity contribution in [1.29, 1.82) is 0 Å². The fourth-order valence-corrected chi connectivity index (χ4v) is 1.94. The van der Waals surface area contributed by atoms with Crippen LogP contribution in [-0.4, -0.2) is 24.0 Å². The van der Waals surface area contributed by atoms with E-state index in [1.54, 1.807) is 12.1 Å². The van der Waals surface area contributed by atoms with Crippen molar-refractivity contribution in [2.45, 2.75) is 20.3 Å². The Morgan fingerprint density at radius 3 is 2.57 bits per heavy atom. The summed E-state index contributed by atoms with van der Waals surface area (Å²) in [5, 5.41) is 2.91. The molecule has 1 heterocycles. The Balaban J connectivity index is 1.82. The van der Waals surface area contributed by atoms with E-state index in [1.165, 1.54) is 0 Å². The van der Waals surface area contributed by atoms with Gasteiger partial charge in [-0.25, -0.2) is 0 Å². The van der Waals surface area contributed by atoms with Crippen molar-refractivity contribution in [3.05, 3.63) is 59.4 Å². The Hall–Kier alpha value is -2.36. The number of hydrogen-bond donors (Lipinski definition) is 1. The van der Waals surface area contributed by atoms with Crippen LogP contribution in [-0.2, 0) is 6.42 Å². The highest BCUT2D eigenvalue weighted by Gasteiger charge is 2.05. The maximum absolute atomic E-state index is 12.0. The standard InChI is InChI=1S/C17H20N2O2/c1-3-21-16-8-6-15(7-9-16)17(20)18-11-10-14-5-4-13(2)19-12-14/h4-9,12H,3,10-11H2,1-2H3,(H,18,20). The number of amides is 1. The first-order chi connectivity index (χ1) is 10.2. The van der Waals surface area contributed by atoms with Gasteiger partial charge in [0.15, 0.2) is 0 Å². The Morgan fingerprint density at radius 1 is 1.19 bits per heavy atom.